The Morgan fingerprint density at radius 2 is 2.08 bits per heavy atom. The maximum absolute atomic E-state index is 10.1. The highest BCUT2D eigenvalue weighted by Gasteiger charge is 2.09. The SMILES string of the molecule is Cl.O=C(O)C#SC1CCNCC1. The Morgan fingerprint density at radius 1 is 1.50 bits per heavy atom. The number of halogens is 1. The summed E-state index contributed by atoms with van der Waals surface area (Å²) in [5, 5.41) is 14.3. The van der Waals surface area contributed by atoms with Crippen LogP contribution in [0.25, 0.3) is 0 Å². The zero-order chi connectivity index (χ0) is 8.10. The van der Waals surface area contributed by atoms with Crippen molar-refractivity contribution in [1.29, 1.82) is 0 Å². The summed E-state index contributed by atoms with van der Waals surface area (Å²) in [6.07, 6.45) is 2.09. The Bertz CT molecular complexity index is 205. The molecule has 0 aromatic rings. The molecule has 12 heavy (non-hydrogen) atoms. The van der Waals surface area contributed by atoms with Gasteiger partial charge in [-0.25, -0.2) is 4.79 Å². The van der Waals surface area contributed by atoms with Gasteiger partial charge in [-0.15, -0.1) is 23.6 Å². The minimum atomic E-state index is -0.950. The summed E-state index contributed by atoms with van der Waals surface area (Å²) in [4.78, 5) is 10.1. The van der Waals surface area contributed by atoms with E-state index in [-0.39, 0.29) is 12.4 Å². The third kappa shape index (κ3) is 4.57. The molecule has 0 amide bonds. The number of carbonyl (C=O) groups is 1. The van der Waals surface area contributed by atoms with Crippen LogP contribution in [0, 0.1) is 5.18 Å². The minimum Gasteiger partial charge on any atom is -0.471 e. The van der Waals surface area contributed by atoms with Crippen molar-refractivity contribution in [3.8, 4) is 5.18 Å². The predicted molar refractivity (Wildman–Crippen MR) is 52.3 cm³/mol. The molecule has 0 unspecified atom stereocenters. The summed E-state index contributed by atoms with van der Waals surface area (Å²) in [5.74, 6) is -0.950. The second-order valence-electron chi connectivity index (χ2n) is 2.47. The van der Waals surface area contributed by atoms with Crippen LogP contribution in [0.1, 0.15) is 12.8 Å². The number of piperidine rings is 1. The van der Waals surface area contributed by atoms with E-state index in [0.717, 1.165) is 25.9 Å². The number of hydrogen-bond acceptors (Lipinski definition) is 2. The van der Waals surface area contributed by atoms with Crippen molar-refractivity contribution >= 4 is 29.5 Å². The zero-order valence-electron chi connectivity index (χ0n) is 6.58. The molecule has 0 aromatic heterocycles. The van der Waals surface area contributed by atoms with Gasteiger partial charge < -0.3 is 10.4 Å². The second-order valence-corrected chi connectivity index (χ2v) is 3.58. The Balaban J connectivity index is 0.00000121. The first-order valence-corrected chi connectivity index (χ1v) is 4.52. The first-order valence-electron chi connectivity index (χ1n) is 3.64. The molecule has 2 N–H and O–H groups in total. The fourth-order valence-electron chi connectivity index (χ4n) is 1.05. The van der Waals surface area contributed by atoms with Crippen LogP contribution in [0.5, 0.6) is 0 Å². The molecule has 0 spiro atoms. The largest absolute Gasteiger partial charge is 0.471 e. The van der Waals surface area contributed by atoms with Crippen molar-refractivity contribution in [1.82, 2.24) is 5.32 Å². The van der Waals surface area contributed by atoms with Crippen molar-refractivity contribution in [3.05, 3.63) is 0 Å². The van der Waals surface area contributed by atoms with Crippen molar-refractivity contribution in [3.63, 3.8) is 0 Å². The molecule has 0 saturated carbocycles. The molecular weight excluding hydrogens is 198 g/mol. The Hall–Kier alpha value is -0.280. The van der Waals surface area contributed by atoms with E-state index in [1.54, 1.807) is 0 Å². The first-order chi connectivity index (χ1) is 5.29. The van der Waals surface area contributed by atoms with Crippen molar-refractivity contribution in [2.45, 2.75) is 18.1 Å². The number of rotatable bonds is 0. The van der Waals surface area contributed by atoms with Gasteiger partial charge in [-0.05, 0) is 25.9 Å². The van der Waals surface area contributed by atoms with E-state index >= 15 is 0 Å². The molecule has 0 aromatic carbocycles. The molecule has 0 bridgehead atoms. The van der Waals surface area contributed by atoms with Gasteiger partial charge in [0.1, 0.15) is 0 Å². The predicted octanol–water partition coefficient (Wildman–Crippen LogP) is 0.937. The highest BCUT2D eigenvalue weighted by atomic mass is 35.5. The minimum absolute atomic E-state index is 0. The summed E-state index contributed by atoms with van der Waals surface area (Å²) in [6, 6.07) is 0. The number of carboxylic acids is 1. The zero-order valence-corrected chi connectivity index (χ0v) is 8.21. The second kappa shape index (κ2) is 6.26. The molecule has 1 saturated heterocycles. The highest BCUT2D eigenvalue weighted by Crippen LogP contribution is 2.11. The summed E-state index contributed by atoms with van der Waals surface area (Å²) >= 11 is 1.32. The Labute approximate surface area is 81.5 Å². The fourth-order valence-corrected chi connectivity index (χ4v) is 1.79. The molecular formula is C7H12ClNO2S. The van der Waals surface area contributed by atoms with Crippen LogP contribution in [-0.4, -0.2) is 29.4 Å². The fraction of sp³-hybridized carbons (Fsp3) is 0.714. The topological polar surface area (TPSA) is 49.3 Å². The molecule has 3 nitrogen and oxygen atoms in total. The van der Waals surface area contributed by atoms with E-state index < -0.39 is 5.97 Å². The molecule has 1 aliphatic rings. The average molecular weight is 210 g/mol. The van der Waals surface area contributed by atoms with Crippen molar-refractivity contribution in [2.75, 3.05) is 13.1 Å². The molecule has 0 atom stereocenters. The van der Waals surface area contributed by atoms with Gasteiger partial charge in [0.25, 0.3) is 0 Å². The molecule has 0 aliphatic carbocycles. The normalized spacial score (nSPS) is 17.3. The lowest BCUT2D eigenvalue weighted by molar-refractivity contribution is -0.130. The van der Waals surface area contributed by atoms with Gasteiger partial charge >= 0.3 is 5.97 Å². The molecule has 5 heteroatoms. The molecule has 1 heterocycles. The van der Waals surface area contributed by atoms with Crippen LogP contribution in [0.2, 0.25) is 0 Å². The van der Waals surface area contributed by atoms with Gasteiger partial charge in [0.15, 0.2) is 0 Å². The lowest BCUT2D eigenvalue weighted by atomic mass is 10.2. The smallest absolute Gasteiger partial charge is 0.384 e. The van der Waals surface area contributed by atoms with Crippen LogP contribution in [0.15, 0.2) is 0 Å². The number of aliphatic carboxylic acids is 1. The Morgan fingerprint density at radius 3 is 2.58 bits per heavy atom. The van der Waals surface area contributed by atoms with Gasteiger partial charge in [-0.1, -0.05) is 0 Å². The van der Waals surface area contributed by atoms with Crippen LogP contribution < -0.4 is 5.32 Å². The number of hydrogen-bond donors (Lipinski definition) is 2. The molecule has 1 fully saturated rings. The first kappa shape index (κ1) is 11.7. The maximum atomic E-state index is 10.1. The monoisotopic (exact) mass is 209 g/mol. The van der Waals surface area contributed by atoms with Gasteiger partial charge in [0, 0.05) is 10.4 Å². The molecule has 1 rings (SSSR count). The number of carboxylic acid groups (broad SMARTS) is 1. The molecule has 0 radical (unpaired) electrons. The summed E-state index contributed by atoms with van der Waals surface area (Å²) in [5.41, 5.74) is 0. The highest BCUT2D eigenvalue weighted by molar-refractivity contribution is 7.89. The quantitative estimate of drug-likeness (QED) is 0.624. The average Bonchev–Trinajstić information content (AvgIpc) is 2.03. The van der Waals surface area contributed by atoms with Gasteiger partial charge in [0.2, 0.25) is 0 Å². The number of nitrogens with one attached hydrogen (secondary N) is 1. The van der Waals surface area contributed by atoms with E-state index in [1.807, 2.05) is 0 Å². The maximum Gasteiger partial charge on any atom is 0.384 e. The third-order valence-corrected chi connectivity index (χ3v) is 2.70. The lowest BCUT2D eigenvalue weighted by Gasteiger charge is -2.16. The lowest BCUT2D eigenvalue weighted by Crippen LogP contribution is -2.28. The van der Waals surface area contributed by atoms with Gasteiger partial charge in [-0.2, -0.15) is 0 Å². The summed E-state index contributed by atoms with van der Waals surface area (Å²) < 4.78 is 0. The van der Waals surface area contributed by atoms with E-state index in [9.17, 15) is 4.79 Å². The van der Waals surface area contributed by atoms with Gasteiger partial charge in [-0.3, -0.25) is 0 Å². The molecule has 70 valence electrons. The third-order valence-electron chi connectivity index (χ3n) is 1.60. The van der Waals surface area contributed by atoms with E-state index in [1.165, 1.54) is 11.2 Å². The van der Waals surface area contributed by atoms with Crippen LogP contribution >= 0.6 is 23.6 Å². The van der Waals surface area contributed by atoms with E-state index in [0.29, 0.717) is 5.25 Å². The molecule has 1 aliphatic heterocycles. The van der Waals surface area contributed by atoms with Crippen LogP contribution in [-0.2, 0) is 4.79 Å². The van der Waals surface area contributed by atoms with Crippen LogP contribution in [0.3, 0.4) is 0 Å². The summed E-state index contributed by atoms with van der Waals surface area (Å²) in [7, 11) is 0. The standard InChI is InChI=1S/C7H11NO2S.ClH/c9-7(10)5-11-6-1-3-8-4-2-6;/h6,8H,1-4H2,(H,9,10);1H. The summed E-state index contributed by atoms with van der Waals surface area (Å²) in [6.45, 7) is 2.00. The van der Waals surface area contributed by atoms with E-state index in [4.69, 9.17) is 5.11 Å². The van der Waals surface area contributed by atoms with Crippen molar-refractivity contribution in [2.24, 2.45) is 0 Å². The van der Waals surface area contributed by atoms with Crippen molar-refractivity contribution < 1.29 is 9.90 Å². The Kier molecular flexibility index (Phi) is 6.11. The van der Waals surface area contributed by atoms with Gasteiger partial charge in [0.05, 0.1) is 0 Å². The van der Waals surface area contributed by atoms with Crippen LogP contribution in [0.4, 0.5) is 0 Å². The van der Waals surface area contributed by atoms with E-state index in [2.05, 4.69) is 10.5 Å².